The predicted octanol–water partition coefficient (Wildman–Crippen LogP) is 6.06. The first kappa shape index (κ1) is 22.6. The molecule has 0 aliphatic heterocycles. The molecule has 31 heavy (non-hydrogen) atoms. The van der Waals surface area contributed by atoms with E-state index < -0.39 is 11.7 Å². The van der Waals surface area contributed by atoms with Crippen LogP contribution >= 0.6 is 0 Å². The summed E-state index contributed by atoms with van der Waals surface area (Å²) in [5, 5.41) is 3.77. The van der Waals surface area contributed by atoms with Gasteiger partial charge in [0.25, 0.3) is 0 Å². The smallest absolute Gasteiger partial charge is 0.357 e. The van der Waals surface area contributed by atoms with E-state index in [2.05, 4.69) is 24.1 Å². The molecular weight excluding hydrogens is 403 g/mol. The lowest BCUT2D eigenvalue weighted by Gasteiger charge is -2.25. The standard InChI is InChI=1S/C24H26F3N3O/c1-4-16(2)30(3)22-13-8-18-15-20(11-12-21(18)29-22)28-23(31)14-7-17-5-9-19(10-6-17)24(25,26)27/h5-6,8-13,15-16H,4,7,14H2,1-3H3,(H,28,31)/t16-/m1/s1. The second kappa shape index (κ2) is 9.37. The van der Waals surface area contributed by atoms with E-state index in [-0.39, 0.29) is 12.3 Å². The van der Waals surface area contributed by atoms with E-state index in [1.54, 1.807) is 6.07 Å². The zero-order valence-electron chi connectivity index (χ0n) is 17.8. The summed E-state index contributed by atoms with van der Waals surface area (Å²) in [7, 11) is 2.02. The molecule has 0 saturated heterocycles. The lowest BCUT2D eigenvalue weighted by molar-refractivity contribution is -0.137. The number of halogens is 3. The fourth-order valence-electron chi connectivity index (χ4n) is 3.23. The molecule has 3 aromatic rings. The zero-order chi connectivity index (χ0) is 22.6. The van der Waals surface area contributed by atoms with Crippen LogP contribution in [0.2, 0.25) is 0 Å². The molecule has 0 saturated carbocycles. The van der Waals surface area contributed by atoms with Crippen LogP contribution in [0.1, 0.15) is 37.8 Å². The largest absolute Gasteiger partial charge is 0.416 e. The van der Waals surface area contributed by atoms with Crippen molar-refractivity contribution in [2.75, 3.05) is 17.3 Å². The number of alkyl halides is 3. The normalized spacial score (nSPS) is 12.6. The van der Waals surface area contributed by atoms with Crippen LogP contribution in [0.5, 0.6) is 0 Å². The van der Waals surface area contributed by atoms with Gasteiger partial charge in [0.1, 0.15) is 5.82 Å². The molecule has 0 bridgehead atoms. The van der Waals surface area contributed by atoms with Gasteiger partial charge in [-0.2, -0.15) is 13.2 Å². The molecule has 1 atom stereocenters. The summed E-state index contributed by atoms with van der Waals surface area (Å²) in [5.74, 6) is 0.704. The third-order valence-electron chi connectivity index (χ3n) is 5.49. The number of carbonyl (C=O) groups is 1. The second-order valence-electron chi connectivity index (χ2n) is 7.69. The fraction of sp³-hybridized carbons (Fsp3) is 0.333. The van der Waals surface area contributed by atoms with E-state index in [4.69, 9.17) is 4.98 Å². The van der Waals surface area contributed by atoms with E-state index in [0.29, 0.717) is 23.7 Å². The van der Waals surface area contributed by atoms with E-state index in [1.807, 2.05) is 31.3 Å². The highest BCUT2D eigenvalue weighted by molar-refractivity contribution is 5.94. The minimum absolute atomic E-state index is 0.181. The highest BCUT2D eigenvalue weighted by atomic mass is 19.4. The Morgan fingerprint density at radius 1 is 1.10 bits per heavy atom. The molecule has 0 aliphatic carbocycles. The third-order valence-corrected chi connectivity index (χ3v) is 5.49. The van der Waals surface area contributed by atoms with E-state index in [1.165, 1.54) is 12.1 Å². The number of benzene rings is 2. The highest BCUT2D eigenvalue weighted by Crippen LogP contribution is 2.29. The SMILES string of the molecule is CC[C@@H](C)N(C)c1ccc2cc(NC(=O)CCc3ccc(C(F)(F)F)cc3)ccc2n1. The topological polar surface area (TPSA) is 45.2 Å². The summed E-state index contributed by atoms with van der Waals surface area (Å²) in [6.07, 6.45) is -2.79. The van der Waals surface area contributed by atoms with Gasteiger partial charge < -0.3 is 10.2 Å². The Morgan fingerprint density at radius 3 is 2.45 bits per heavy atom. The number of fused-ring (bicyclic) bond motifs is 1. The minimum atomic E-state index is -4.36. The Balaban J connectivity index is 1.61. The molecule has 0 spiro atoms. The molecule has 1 N–H and O–H groups in total. The van der Waals surface area contributed by atoms with Crippen molar-refractivity contribution in [2.45, 2.75) is 45.3 Å². The number of nitrogens with one attached hydrogen (secondary N) is 1. The van der Waals surface area contributed by atoms with Gasteiger partial charge in [-0.3, -0.25) is 4.79 Å². The number of rotatable bonds is 7. The zero-order valence-corrected chi connectivity index (χ0v) is 17.8. The van der Waals surface area contributed by atoms with Crippen LogP contribution in [0.4, 0.5) is 24.7 Å². The quantitative estimate of drug-likeness (QED) is 0.497. The number of carbonyl (C=O) groups excluding carboxylic acids is 1. The third kappa shape index (κ3) is 5.75. The van der Waals surface area contributed by atoms with Gasteiger partial charge in [-0.1, -0.05) is 19.1 Å². The van der Waals surface area contributed by atoms with Crippen molar-refractivity contribution in [3.63, 3.8) is 0 Å². The van der Waals surface area contributed by atoms with Crippen LogP contribution < -0.4 is 10.2 Å². The molecule has 0 unspecified atom stereocenters. The van der Waals surface area contributed by atoms with Crippen molar-refractivity contribution in [2.24, 2.45) is 0 Å². The summed E-state index contributed by atoms with van der Waals surface area (Å²) in [6, 6.07) is 14.8. The molecule has 2 aromatic carbocycles. The molecular formula is C24H26F3N3O. The van der Waals surface area contributed by atoms with Crippen molar-refractivity contribution >= 4 is 28.3 Å². The Hall–Kier alpha value is -3.09. The number of anilines is 2. The summed E-state index contributed by atoms with van der Waals surface area (Å²) < 4.78 is 37.9. The Kier molecular flexibility index (Phi) is 6.83. The summed E-state index contributed by atoms with van der Waals surface area (Å²) in [6.45, 7) is 4.28. The first-order valence-corrected chi connectivity index (χ1v) is 10.3. The van der Waals surface area contributed by atoms with Crippen LogP contribution in [0, 0.1) is 0 Å². The van der Waals surface area contributed by atoms with Gasteiger partial charge in [0.15, 0.2) is 0 Å². The minimum Gasteiger partial charge on any atom is -0.357 e. The maximum absolute atomic E-state index is 12.6. The van der Waals surface area contributed by atoms with Crippen LogP contribution in [0.15, 0.2) is 54.6 Å². The number of nitrogens with zero attached hydrogens (tertiary/aromatic N) is 2. The van der Waals surface area contributed by atoms with Gasteiger partial charge in [0, 0.05) is 30.6 Å². The van der Waals surface area contributed by atoms with E-state index in [0.717, 1.165) is 35.3 Å². The molecule has 1 aromatic heterocycles. The fourth-order valence-corrected chi connectivity index (χ4v) is 3.23. The Labute approximate surface area is 180 Å². The average Bonchev–Trinajstić information content (AvgIpc) is 2.76. The summed E-state index contributed by atoms with van der Waals surface area (Å²) in [4.78, 5) is 19.1. The molecule has 3 rings (SSSR count). The molecule has 4 nitrogen and oxygen atoms in total. The van der Waals surface area contributed by atoms with Gasteiger partial charge in [0.2, 0.25) is 5.91 Å². The molecule has 1 heterocycles. The Morgan fingerprint density at radius 2 is 1.81 bits per heavy atom. The maximum Gasteiger partial charge on any atom is 0.416 e. The lowest BCUT2D eigenvalue weighted by Crippen LogP contribution is -2.28. The number of aryl methyl sites for hydroxylation is 1. The van der Waals surface area contributed by atoms with Crippen molar-refractivity contribution in [3.05, 3.63) is 65.7 Å². The average molecular weight is 429 g/mol. The number of pyridine rings is 1. The Bertz CT molecular complexity index is 1050. The molecule has 1 amide bonds. The molecule has 164 valence electrons. The summed E-state index contributed by atoms with van der Waals surface area (Å²) in [5.41, 5.74) is 1.50. The summed E-state index contributed by atoms with van der Waals surface area (Å²) >= 11 is 0. The van der Waals surface area contributed by atoms with Gasteiger partial charge in [-0.25, -0.2) is 4.98 Å². The molecule has 0 radical (unpaired) electrons. The number of amides is 1. The number of hydrogen-bond donors (Lipinski definition) is 1. The van der Waals surface area contributed by atoms with Crippen molar-refractivity contribution in [1.29, 1.82) is 0 Å². The first-order valence-electron chi connectivity index (χ1n) is 10.3. The maximum atomic E-state index is 12.6. The monoisotopic (exact) mass is 429 g/mol. The van der Waals surface area contributed by atoms with Crippen molar-refractivity contribution in [3.8, 4) is 0 Å². The number of aromatic nitrogens is 1. The number of hydrogen-bond acceptors (Lipinski definition) is 3. The second-order valence-corrected chi connectivity index (χ2v) is 7.69. The van der Waals surface area contributed by atoms with E-state index >= 15 is 0 Å². The van der Waals surface area contributed by atoms with Gasteiger partial charge in [0.05, 0.1) is 11.1 Å². The first-order chi connectivity index (χ1) is 14.7. The van der Waals surface area contributed by atoms with Crippen LogP contribution in [-0.2, 0) is 17.4 Å². The molecule has 7 heteroatoms. The predicted molar refractivity (Wildman–Crippen MR) is 118 cm³/mol. The van der Waals surface area contributed by atoms with E-state index in [9.17, 15) is 18.0 Å². The van der Waals surface area contributed by atoms with Gasteiger partial charge in [-0.15, -0.1) is 0 Å². The van der Waals surface area contributed by atoms with Crippen molar-refractivity contribution < 1.29 is 18.0 Å². The van der Waals surface area contributed by atoms with Crippen LogP contribution in [0.25, 0.3) is 10.9 Å². The lowest BCUT2D eigenvalue weighted by atomic mass is 10.1. The highest BCUT2D eigenvalue weighted by Gasteiger charge is 2.29. The van der Waals surface area contributed by atoms with Gasteiger partial charge >= 0.3 is 6.18 Å². The van der Waals surface area contributed by atoms with Crippen LogP contribution in [0.3, 0.4) is 0 Å². The van der Waals surface area contributed by atoms with Crippen molar-refractivity contribution in [1.82, 2.24) is 4.98 Å². The molecule has 0 aliphatic rings. The molecule has 0 fully saturated rings. The van der Waals surface area contributed by atoms with Crippen LogP contribution in [-0.4, -0.2) is 24.0 Å². The van der Waals surface area contributed by atoms with Gasteiger partial charge in [-0.05, 0) is 67.8 Å².